The first-order valence-corrected chi connectivity index (χ1v) is 3.34. The zero-order valence-corrected chi connectivity index (χ0v) is 6.43. The summed E-state index contributed by atoms with van der Waals surface area (Å²) in [6.45, 7) is 0. The van der Waals surface area contributed by atoms with E-state index >= 15 is 0 Å². The Bertz CT molecular complexity index is 440. The van der Waals surface area contributed by atoms with Crippen LogP contribution < -0.4 is 5.73 Å². The molecule has 2 rings (SSSR count). The number of nitrogens with zero attached hydrogens (tertiary/aromatic N) is 4. The number of fused-ring (bicyclic) bond motifs is 1. The lowest BCUT2D eigenvalue weighted by molar-refractivity contribution is 0.0997. The van der Waals surface area contributed by atoms with Crippen molar-refractivity contribution in [2.45, 2.75) is 0 Å². The van der Waals surface area contributed by atoms with Crippen LogP contribution in [0.1, 0.15) is 10.5 Å². The molecule has 0 fully saturated rings. The van der Waals surface area contributed by atoms with Gasteiger partial charge in [-0.05, 0) is 0 Å². The van der Waals surface area contributed by atoms with Crippen molar-refractivity contribution in [2.24, 2.45) is 12.8 Å². The van der Waals surface area contributed by atoms with Crippen molar-refractivity contribution in [2.75, 3.05) is 0 Å². The molecule has 0 saturated heterocycles. The molecule has 0 aliphatic heterocycles. The lowest BCUT2D eigenvalue weighted by Gasteiger charge is -1.90. The van der Waals surface area contributed by atoms with Gasteiger partial charge < -0.3 is 10.3 Å². The lowest BCUT2D eigenvalue weighted by atomic mass is 10.4. The number of nitrogens with two attached hydrogens (primary N) is 1. The minimum atomic E-state index is -0.541. The molecule has 0 unspecified atom stereocenters. The normalized spacial score (nSPS) is 10.8. The fraction of sp³-hybridized carbons (Fsp3) is 0.167. The Hall–Kier alpha value is -1.85. The highest BCUT2D eigenvalue weighted by Gasteiger charge is 2.12. The summed E-state index contributed by atoms with van der Waals surface area (Å²) in [6, 6.07) is 0. The van der Waals surface area contributed by atoms with Crippen molar-refractivity contribution in [3.63, 3.8) is 0 Å². The molecule has 0 aliphatic carbocycles. The number of aromatic nitrogens is 4. The van der Waals surface area contributed by atoms with E-state index in [4.69, 9.17) is 5.73 Å². The molecule has 0 aromatic carbocycles. The van der Waals surface area contributed by atoms with E-state index in [1.54, 1.807) is 17.9 Å². The molecule has 12 heavy (non-hydrogen) atoms. The van der Waals surface area contributed by atoms with Gasteiger partial charge >= 0.3 is 0 Å². The SMILES string of the molecule is Cn1cnn2cnc(C(N)=O)c12. The van der Waals surface area contributed by atoms with E-state index in [9.17, 15) is 4.79 Å². The third-order valence-electron chi connectivity index (χ3n) is 1.64. The molecule has 0 bridgehead atoms. The highest BCUT2D eigenvalue weighted by molar-refractivity contribution is 5.96. The van der Waals surface area contributed by atoms with E-state index in [0.29, 0.717) is 5.65 Å². The summed E-state index contributed by atoms with van der Waals surface area (Å²) in [6.07, 6.45) is 3.04. The standard InChI is InChI=1S/C6H7N5O/c1-10-3-9-11-2-8-4(5(7)12)6(10)11/h2-3H,1H3,(H2,7,12). The zero-order valence-electron chi connectivity index (χ0n) is 6.43. The van der Waals surface area contributed by atoms with Crippen LogP contribution >= 0.6 is 0 Å². The lowest BCUT2D eigenvalue weighted by Crippen LogP contribution is -2.12. The monoisotopic (exact) mass is 165 g/mol. The van der Waals surface area contributed by atoms with Crippen LogP contribution in [0.25, 0.3) is 5.65 Å². The van der Waals surface area contributed by atoms with Gasteiger partial charge in [-0.1, -0.05) is 0 Å². The topological polar surface area (TPSA) is 78.2 Å². The van der Waals surface area contributed by atoms with Gasteiger partial charge in [-0.2, -0.15) is 5.10 Å². The molecule has 2 aromatic rings. The molecule has 0 atom stereocenters. The van der Waals surface area contributed by atoms with Crippen LogP contribution in [0.3, 0.4) is 0 Å². The van der Waals surface area contributed by atoms with E-state index < -0.39 is 5.91 Å². The van der Waals surface area contributed by atoms with E-state index in [1.165, 1.54) is 10.8 Å². The van der Waals surface area contributed by atoms with Gasteiger partial charge in [0.05, 0.1) is 0 Å². The molecule has 62 valence electrons. The predicted octanol–water partition coefficient (Wildman–Crippen LogP) is -0.833. The molecule has 0 aliphatic rings. The summed E-state index contributed by atoms with van der Waals surface area (Å²) in [5.74, 6) is -0.541. The average molecular weight is 165 g/mol. The molecular weight excluding hydrogens is 158 g/mol. The van der Waals surface area contributed by atoms with Gasteiger partial charge in [0, 0.05) is 7.05 Å². The summed E-state index contributed by atoms with van der Waals surface area (Å²) in [5, 5.41) is 3.93. The Morgan fingerprint density at radius 3 is 3.00 bits per heavy atom. The van der Waals surface area contributed by atoms with Gasteiger partial charge in [0.1, 0.15) is 12.7 Å². The van der Waals surface area contributed by atoms with Crippen LogP contribution in [-0.2, 0) is 7.05 Å². The van der Waals surface area contributed by atoms with Gasteiger partial charge in [-0.15, -0.1) is 0 Å². The fourth-order valence-corrected chi connectivity index (χ4v) is 1.11. The first-order valence-electron chi connectivity index (χ1n) is 3.34. The maximum atomic E-state index is 10.8. The van der Waals surface area contributed by atoms with Gasteiger partial charge in [0.2, 0.25) is 0 Å². The Kier molecular flexibility index (Phi) is 1.18. The number of rotatable bonds is 1. The van der Waals surface area contributed by atoms with Gasteiger partial charge in [-0.25, -0.2) is 9.50 Å². The molecule has 1 amide bonds. The smallest absolute Gasteiger partial charge is 0.271 e. The maximum Gasteiger partial charge on any atom is 0.271 e. The van der Waals surface area contributed by atoms with Crippen LogP contribution in [0, 0.1) is 0 Å². The van der Waals surface area contributed by atoms with Gasteiger partial charge in [0.25, 0.3) is 5.91 Å². The molecule has 2 aromatic heterocycles. The van der Waals surface area contributed by atoms with Gasteiger partial charge in [-0.3, -0.25) is 4.79 Å². The number of aryl methyl sites for hydroxylation is 1. The quantitative estimate of drug-likeness (QED) is 0.598. The Balaban J connectivity index is 2.83. The molecule has 0 saturated carbocycles. The first-order chi connectivity index (χ1) is 5.70. The van der Waals surface area contributed by atoms with Crippen molar-refractivity contribution in [3.05, 3.63) is 18.3 Å². The third-order valence-corrected chi connectivity index (χ3v) is 1.64. The fourth-order valence-electron chi connectivity index (χ4n) is 1.11. The molecule has 0 spiro atoms. The summed E-state index contributed by atoms with van der Waals surface area (Å²) in [4.78, 5) is 14.7. The largest absolute Gasteiger partial charge is 0.364 e. The molecular formula is C6H7N5O. The second kappa shape index (κ2) is 2.07. The van der Waals surface area contributed by atoms with Crippen LogP contribution in [0.4, 0.5) is 0 Å². The summed E-state index contributed by atoms with van der Waals surface area (Å²) < 4.78 is 3.19. The third kappa shape index (κ3) is 0.714. The van der Waals surface area contributed by atoms with Crippen molar-refractivity contribution in [3.8, 4) is 0 Å². The Labute approximate surface area is 67.6 Å². The highest BCUT2D eigenvalue weighted by atomic mass is 16.1. The summed E-state index contributed by atoms with van der Waals surface area (Å²) in [7, 11) is 1.77. The molecule has 0 radical (unpaired) electrons. The minimum Gasteiger partial charge on any atom is -0.364 e. The second-order valence-corrected chi connectivity index (χ2v) is 2.47. The number of amides is 1. The summed E-state index contributed by atoms with van der Waals surface area (Å²) >= 11 is 0. The number of hydrogen-bond acceptors (Lipinski definition) is 3. The molecule has 2 heterocycles. The van der Waals surface area contributed by atoms with Crippen molar-refractivity contribution in [1.82, 2.24) is 19.2 Å². The number of carbonyl (C=O) groups is 1. The number of imidazole rings is 1. The molecule has 6 heteroatoms. The molecule has 6 nitrogen and oxygen atoms in total. The van der Waals surface area contributed by atoms with Crippen LogP contribution in [0.15, 0.2) is 12.7 Å². The van der Waals surface area contributed by atoms with Crippen molar-refractivity contribution in [1.29, 1.82) is 0 Å². The Morgan fingerprint density at radius 1 is 1.58 bits per heavy atom. The van der Waals surface area contributed by atoms with E-state index in [1.807, 2.05) is 0 Å². The van der Waals surface area contributed by atoms with Crippen LogP contribution in [-0.4, -0.2) is 25.1 Å². The first kappa shape index (κ1) is 6.84. The van der Waals surface area contributed by atoms with E-state index in [0.717, 1.165) is 0 Å². The van der Waals surface area contributed by atoms with Crippen LogP contribution in [0.2, 0.25) is 0 Å². The predicted molar refractivity (Wildman–Crippen MR) is 40.5 cm³/mol. The van der Waals surface area contributed by atoms with Crippen molar-refractivity contribution >= 4 is 11.6 Å². The van der Waals surface area contributed by atoms with Crippen molar-refractivity contribution < 1.29 is 4.79 Å². The number of hydrogen-bond donors (Lipinski definition) is 1. The minimum absolute atomic E-state index is 0.245. The zero-order chi connectivity index (χ0) is 8.72. The second-order valence-electron chi connectivity index (χ2n) is 2.47. The van der Waals surface area contributed by atoms with E-state index in [-0.39, 0.29) is 5.69 Å². The van der Waals surface area contributed by atoms with Crippen LogP contribution in [0.5, 0.6) is 0 Å². The summed E-state index contributed by atoms with van der Waals surface area (Å²) in [5.41, 5.74) is 5.96. The number of carbonyl (C=O) groups excluding carboxylic acids is 1. The highest BCUT2D eigenvalue weighted by Crippen LogP contribution is 2.05. The molecule has 2 N–H and O–H groups in total. The number of primary amides is 1. The maximum absolute atomic E-state index is 10.8. The average Bonchev–Trinajstić information content (AvgIpc) is 2.53. The van der Waals surface area contributed by atoms with Gasteiger partial charge in [0.15, 0.2) is 11.3 Å². The van der Waals surface area contributed by atoms with E-state index in [2.05, 4.69) is 10.1 Å². The Morgan fingerprint density at radius 2 is 2.33 bits per heavy atom.